The lowest BCUT2D eigenvalue weighted by Crippen LogP contribution is -2.42. The third kappa shape index (κ3) is 4.68. The largest absolute Gasteiger partial charge is 0.416 e. The molecule has 1 N–H and O–H groups in total. The van der Waals surface area contributed by atoms with Gasteiger partial charge in [-0.1, -0.05) is 7.43 Å². The number of hydrogen-bond donors (Lipinski definition) is 1. The second-order valence-corrected chi connectivity index (χ2v) is 7.99. The van der Waals surface area contributed by atoms with E-state index in [1.54, 1.807) is 23.3 Å². The summed E-state index contributed by atoms with van der Waals surface area (Å²) < 4.78 is 40.5. The molecule has 11 heteroatoms. The average Bonchev–Trinajstić information content (AvgIpc) is 3.43. The van der Waals surface area contributed by atoms with Crippen molar-refractivity contribution in [3.63, 3.8) is 0 Å². The Bertz CT molecular complexity index is 1350. The molecule has 1 aliphatic heterocycles. The Morgan fingerprint density at radius 3 is 2.46 bits per heavy atom. The number of hydrogen-bond acceptors (Lipinski definition) is 4. The molecule has 1 atom stereocenters. The molecule has 1 aromatic carbocycles. The molecule has 1 aliphatic rings. The number of fused-ring (bicyclic) bond motifs is 1. The van der Waals surface area contributed by atoms with Crippen LogP contribution in [-0.2, 0) is 6.18 Å². The number of anilines is 1. The first-order chi connectivity index (χ1) is 15.7. The smallest absolute Gasteiger partial charge is 0.338 e. The third-order valence-electron chi connectivity index (χ3n) is 5.65. The van der Waals surface area contributed by atoms with E-state index in [0.29, 0.717) is 35.0 Å². The zero-order valence-corrected chi connectivity index (χ0v) is 19.3. The normalized spacial score (nSPS) is 15.3. The van der Waals surface area contributed by atoms with Crippen molar-refractivity contribution in [1.82, 2.24) is 24.7 Å². The number of benzene rings is 1. The number of H-pyrrole nitrogens is 1. The van der Waals surface area contributed by atoms with E-state index in [0.717, 1.165) is 23.4 Å². The van der Waals surface area contributed by atoms with Crippen molar-refractivity contribution >= 4 is 25.1 Å². The summed E-state index contributed by atoms with van der Waals surface area (Å²) in [6.07, 6.45) is 0.504. The molecule has 35 heavy (non-hydrogen) atoms. The number of imidazole rings is 1. The predicted molar refractivity (Wildman–Crippen MR) is 133 cm³/mol. The number of aromatic nitrogens is 5. The van der Waals surface area contributed by atoms with Crippen LogP contribution in [0.25, 0.3) is 22.6 Å². The van der Waals surface area contributed by atoms with Crippen LogP contribution in [0.4, 0.5) is 18.9 Å². The minimum Gasteiger partial charge on any atom is -0.338 e. The zero-order valence-electron chi connectivity index (χ0n) is 18.3. The number of aryl methyl sites for hydroxylation is 1. The standard InChI is InChI=1S/C23H19F3N6O.CH4.H2S/c1-13-9-15(7-8-27-13)21-28-11-19(30-21)18-10-29-32-14(2)12-31(22(33)20(18)32)17-5-3-16(4-6-17)23(24,25)26;;/h3-11,14H,12H2,1-2H3,(H,28,30);1H4;1H2/t14-;;/m0../s1. The Labute approximate surface area is 207 Å². The highest BCUT2D eigenvalue weighted by molar-refractivity contribution is 7.59. The Morgan fingerprint density at radius 1 is 1.09 bits per heavy atom. The summed E-state index contributed by atoms with van der Waals surface area (Å²) in [6.45, 7) is 4.09. The lowest BCUT2D eigenvalue weighted by molar-refractivity contribution is -0.137. The highest BCUT2D eigenvalue weighted by Gasteiger charge is 2.35. The van der Waals surface area contributed by atoms with Crippen LogP contribution in [0.2, 0.25) is 0 Å². The van der Waals surface area contributed by atoms with Crippen LogP contribution in [0.15, 0.2) is 55.0 Å². The van der Waals surface area contributed by atoms with Gasteiger partial charge in [0.25, 0.3) is 5.91 Å². The van der Waals surface area contributed by atoms with Crippen LogP contribution in [0.1, 0.15) is 42.1 Å². The van der Waals surface area contributed by atoms with Crippen molar-refractivity contribution in [3.8, 4) is 22.6 Å². The fraction of sp³-hybridized carbons (Fsp3) is 0.250. The maximum atomic E-state index is 13.4. The molecule has 4 heterocycles. The first-order valence-electron chi connectivity index (χ1n) is 10.3. The van der Waals surface area contributed by atoms with E-state index in [1.165, 1.54) is 17.0 Å². The summed E-state index contributed by atoms with van der Waals surface area (Å²) in [5, 5.41) is 4.40. The van der Waals surface area contributed by atoms with Crippen molar-refractivity contribution in [3.05, 3.63) is 71.9 Å². The van der Waals surface area contributed by atoms with Crippen LogP contribution in [0.5, 0.6) is 0 Å². The third-order valence-corrected chi connectivity index (χ3v) is 5.65. The summed E-state index contributed by atoms with van der Waals surface area (Å²) in [5.41, 5.74) is 2.91. The molecule has 0 bridgehead atoms. The van der Waals surface area contributed by atoms with Gasteiger partial charge in [0.1, 0.15) is 11.5 Å². The number of rotatable bonds is 3. The second kappa shape index (κ2) is 9.57. The van der Waals surface area contributed by atoms with Crippen molar-refractivity contribution in [2.75, 3.05) is 11.4 Å². The van der Waals surface area contributed by atoms with Gasteiger partial charge in [-0.25, -0.2) is 4.98 Å². The van der Waals surface area contributed by atoms with Crippen LogP contribution in [0, 0.1) is 6.92 Å². The Hall–Kier alpha value is -3.60. The molecule has 0 radical (unpaired) electrons. The molecule has 4 aromatic rings. The van der Waals surface area contributed by atoms with Gasteiger partial charge in [0.15, 0.2) is 0 Å². The molecule has 0 unspecified atom stereocenters. The molecule has 1 amide bonds. The van der Waals surface area contributed by atoms with Crippen LogP contribution in [-0.4, -0.2) is 37.2 Å². The molecule has 0 saturated heterocycles. The van der Waals surface area contributed by atoms with E-state index in [2.05, 4.69) is 20.1 Å². The highest BCUT2D eigenvalue weighted by atomic mass is 32.1. The lowest BCUT2D eigenvalue weighted by Gasteiger charge is -2.32. The van der Waals surface area contributed by atoms with Gasteiger partial charge in [0, 0.05) is 29.7 Å². The van der Waals surface area contributed by atoms with E-state index >= 15 is 0 Å². The number of nitrogens with zero attached hydrogens (tertiary/aromatic N) is 5. The SMILES string of the molecule is C.Cc1cc(-c2ncc(-c3cnn4c3C(=O)N(c3ccc(C(F)(F)F)cc3)C[C@@H]4C)[nH]2)ccn1.S. The van der Waals surface area contributed by atoms with Gasteiger partial charge < -0.3 is 9.88 Å². The zero-order chi connectivity index (χ0) is 23.3. The Balaban J connectivity index is 0.00000171. The summed E-state index contributed by atoms with van der Waals surface area (Å²) in [5.74, 6) is 0.294. The van der Waals surface area contributed by atoms with Crippen molar-refractivity contribution < 1.29 is 18.0 Å². The maximum absolute atomic E-state index is 13.4. The summed E-state index contributed by atoms with van der Waals surface area (Å²) >= 11 is 0. The van der Waals surface area contributed by atoms with E-state index in [-0.39, 0.29) is 32.9 Å². The number of alkyl halides is 3. The highest BCUT2D eigenvalue weighted by Crippen LogP contribution is 2.35. The van der Waals surface area contributed by atoms with Crippen molar-refractivity contribution in [2.24, 2.45) is 0 Å². The Kier molecular flexibility index (Phi) is 7.11. The van der Waals surface area contributed by atoms with Crippen molar-refractivity contribution in [2.45, 2.75) is 33.5 Å². The number of carbonyl (C=O) groups excluding carboxylic acids is 1. The fourth-order valence-corrected chi connectivity index (χ4v) is 4.01. The topological polar surface area (TPSA) is 79.7 Å². The second-order valence-electron chi connectivity index (χ2n) is 7.99. The molecule has 0 aliphatic carbocycles. The minimum atomic E-state index is -4.44. The molecule has 3 aromatic heterocycles. The summed E-state index contributed by atoms with van der Waals surface area (Å²) in [6, 6.07) is 8.17. The number of nitrogens with one attached hydrogen (secondary N) is 1. The average molecular weight is 503 g/mol. The minimum absolute atomic E-state index is 0. The van der Waals surface area contributed by atoms with Gasteiger partial charge >= 0.3 is 6.18 Å². The van der Waals surface area contributed by atoms with Gasteiger partial charge in [0.05, 0.1) is 35.3 Å². The number of carbonyl (C=O) groups is 1. The molecular formula is C24H25F3N6OS. The van der Waals surface area contributed by atoms with Crippen molar-refractivity contribution in [1.29, 1.82) is 0 Å². The molecular weight excluding hydrogens is 477 g/mol. The number of pyridine rings is 1. The van der Waals surface area contributed by atoms with E-state index < -0.39 is 11.7 Å². The fourth-order valence-electron chi connectivity index (χ4n) is 4.01. The molecule has 7 nitrogen and oxygen atoms in total. The first-order valence-corrected chi connectivity index (χ1v) is 10.3. The van der Waals surface area contributed by atoms with Gasteiger partial charge in [-0.05, 0) is 50.2 Å². The number of halogens is 3. The molecule has 184 valence electrons. The molecule has 0 saturated carbocycles. The first kappa shape index (κ1) is 26.0. The van der Waals surface area contributed by atoms with E-state index in [1.807, 2.05) is 26.0 Å². The van der Waals surface area contributed by atoms with Gasteiger partial charge in [0.2, 0.25) is 0 Å². The quantitative estimate of drug-likeness (QED) is 0.394. The molecule has 0 fully saturated rings. The van der Waals surface area contributed by atoms with Crippen LogP contribution < -0.4 is 4.90 Å². The molecule has 0 spiro atoms. The Morgan fingerprint density at radius 2 is 1.80 bits per heavy atom. The van der Waals surface area contributed by atoms with Gasteiger partial charge in [-0.3, -0.25) is 14.5 Å². The maximum Gasteiger partial charge on any atom is 0.416 e. The number of aromatic amines is 1. The lowest BCUT2D eigenvalue weighted by atomic mass is 10.1. The summed E-state index contributed by atoms with van der Waals surface area (Å²) in [7, 11) is 0. The van der Waals surface area contributed by atoms with Crippen LogP contribution >= 0.6 is 13.5 Å². The number of amides is 1. The monoisotopic (exact) mass is 502 g/mol. The van der Waals surface area contributed by atoms with Crippen LogP contribution in [0.3, 0.4) is 0 Å². The van der Waals surface area contributed by atoms with Gasteiger partial charge in [-0.2, -0.15) is 31.8 Å². The summed E-state index contributed by atoms with van der Waals surface area (Å²) in [4.78, 5) is 26.8. The van der Waals surface area contributed by atoms with E-state index in [4.69, 9.17) is 0 Å². The van der Waals surface area contributed by atoms with E-state index in [9.17, 15) is 18.0 Å². The predicted octanol–water partition coefficient (Wildman–Crippen LogP) is 5.63. The van der Waals surface area contributed by atoms with Gasteiger partial charge in [-0.15, -0.1) is 0 Å². The molecule has 5 rings (SSSR count).